The average molecular weight is 304 g/mol. The van der Waals surface area contributed by atoms with Crippen LogP contribution in [0.3, 0.4) is 0 Å². The number of piperidine rings is 1. The first-order chi connectivity index (χ1) is 9.08. The van der Waals surface area contributed by atoms with Crippen molar-refractivity contribution in [3.05, 3.63) is 0 Å². The summed E-state index contributed by atoms with van der Waals surface area (Å²) in [4.78, 5) is 11.9. The maximum Gasteiger partial charge on any atom is 0.211 e. The van der Waals surface area contributed by atoms with E-state index in [1.54, 1.807) is 0 Å². The molecular formula is C14H28N2O3S. The van der Waals surface area contributed by atoms with Crippen LogP contribution >= 0.6 is 0 Å². The molecule has 0 aromatic rings. The summed E-state index contributed by atoms with van der Waals surface area (Å²) in [5, 5.41) is 3.30. The van der Waals surface area contributed by atoms with Crippen LogP contribution in [-0.2, 0) is 14.8 Å². The molecule has 0 saturated carbocycles. The molecule has 0 aliphatic carbocycles. The van der Waals surface area contributed by atoms with Crippen molar-refractivity contribution in [3.8, 4) is 0 Å². The smallest absolute Gasteiger partial charge is 0.211 e. The van der Waals surface area contributed by atoms with Crippen LogP contribution in [0.15, 0.2) is 0 Å². The molecule has 0 aromatic carbocycles. The number of carbonyl (C=O) groups is 1. The summed E-state index contributed by atoms with van der Waals surface area (Å²) in [6.07, 6.45) is 4.06. The van der Waals surface area contributed by atoms with Crippen molar-refractivity contribution in [2.75, 3.05) is 25.9 Å². The predicted octanol–water partition coefficient (Wildman–Crippen LogP) is 1.40. The average Bonchev–Trinajstić information content (AvgIpc) is 2.26. The van der Waals surface area contributed by atoms with Gasteiger partial charge in [0, 0.05) is 38.0 Å². The minimum atomic E-state index is -3.12. The van der Waals surface area contributed by atoms with Gasteiger partial charge in [0.05, 0.1) is 6.26 Å². The van der Waals surface area contributed by atoms with Crippen LogP contribution in [0.4, 0.5) is 0 Å². The molecule has 1 aliphatic heterocycles. The van der Waals surface area contributed by atoms with Crippen LogP contribution < -0.4 is 5.32 Å². The molecule has 1 saturated heterocycles. The van der Waals surface area contributed by atoms with E-state index < -0.39 is 10.0 Å². The summed E-state index contributed by atoms with van der Waals surface area (Å²) in [6, 6.07) is 0. The second-order valence-corrected chi connectivity index (χ2v) is 8.78. The van der Waals surface area contributed by atoms with Crippen LogP contribution in [-0.4, -0.2) is 49.9 Å². The van der Waals surface area contributed by atoms with Crippen LogP contribution in [0.25, 0.3) is 0 Å². The molecule has 5 nitrogen and oxygen atoms in total. The Hall–Kier alpha value is -0.460. The van der Waals surface area contributed by atoms with Gasteiger partial charge in [-0.15, -0.1) is 0 Å². The standard InChI is InChI=1S/C14H28N2O3S/c1-14(2,3)15-8-7-13(17)10-12-6-5-9-16(11-12)20(4,18)19/h12,15H,5-11H2,1-4H3. The normalized spacial score (nSPS) is 21.9. The Morgan fingerprint density at radius 3 is 2.55 bits per heavy atom. The highest BCUT2D eigenvalue weighted by Gasteiger charge is 2.27. The lowest BCUT2D eigenvalue weighted by Gasteiger charge is -2.30. The number of hydrogen-bond donors (Lipinski definition) is 1. The Labute approximate surface area is 123 Å². The molecule has 6 heteroatoms. The lowest BCUT2D eigenvalue weighted by atomic mass is 9.93. The Balaban J connectivity index is 2.35. The molecule has 1 fully saturated rings. The molecule has 0 bridgehead atoms. The minimum Gasteiger partial charge on any atom is -0.312 e. The van der Waals surface area contributed by atoms with Gasteiger partial charge in [-0.25, -0.2) is 12.7 Å². The first-order valence-electron chi connectivity index (χ1n) is 7.30. The summed E-state index contributed by atoms with van der Waals surface area (Å²) in [6.45, 7) is 7.99. The van der Waals surface area contributed by atoms with Gasteiger partial charge in [-0.2, -0.15) is 0 Å². The number of hydrogen-bond acceptors (Lipinski definition) is 4. The van der Waals surface area contributed by atoms with E-state index in [4.69, 9.17) is 0 Å². The molecule has 1 heterocycles. The highest BCUT2D eigenvalue weighted by Crippen LogP contribution is 2.22. The highest BCUT2D eigenvalue weighted by atomic mass is 32.2. The molecule has 1 N–H and O–H groups in total. The minimum absolute atomic E-state index is 0.0260. The van der Waals surface area contributed by atoms with Crippen molar-refractivity contribution >= 4 is 15.8 Å². The van der Waals surface area contributed by atoms with Crippen molar-refractivity contribution in [2.45, 2.75) is 52.0 Å². The predicted molar refractivity (Wildman–Crippen MR) is 81.1 cm³/mol. The van der Waals surface area contributed by atoms with Gasteiger partial charge in [0.15, 0.2) is 0 Å². The van der Waals surface area contributed by atoms with Crippen molar-refractivity contribution in [2.24, 2.45) is 5.92 Å². The van der Waals surface area contributed by atoms with Crippen molar-refractivity contribution in [3.63, 3.8) is 0 Å². The fourth-order valence-electron chi connectivity index (χ4n) is 2.50. The zero-order valence-corrected chi connectivity index (χ0v) is 13.9. The second kappa shape index (κ2) is 7.00. The van der Waals surface area contributed by atoms with Crippen molar-refractivity contribution in [1.82, 2.24) is 9.62 Å². The first-order valence-corrected chi connectivity index (χ1v) is 9.14. The van der Waals surface area contributed by atoms with E-state index in [9.17, 15) is 13.2 Å². The second-order valence-electron chi connectivity index (χ2n) is 6.80. The number of nitrogens with zero attached hydrogens (tertiary/aromatic N) is 1. The van der Waals surface area contributed by atoms with E-state index in [2.05, 4.69) is 26.1 Å². The quantitative estimate of drug-likeness (QED) is 0.805. The number of ketones is 1. The molecule has 0 aromatic heterocycles. The lowest BCUT2D eigenvalue weighted by Crippen LogP contribution is -2.40. The third-order valence-electron chi connectivity index (χ3n) is 3.53. The largest absolute Gasteiger partial charge is 0.312 e. The number of Topliss-reactive ketones (excluding diaryl/α,β-unsaturated/α-hetero) is 1. The molecule has 0 amide bonds. The molecule has 0 spiro atoms. The van der Waals surface area contributed by atoms with Crippen LogP contribution in [0.1, 0.15) is 46.5 Å². The van der Waals surface area contributed by atoms with Gasteiger partial charge in [-0.1, -0.05) is 0 Å². The highest BCUT2D eigenvalue weighted by molar-refractivity contribution is 7.88. The molecule has 118 valence electrons. The number of nitrogens with one attached hydrogen (secondary N) is 1. The fourth-order valence-corrected chi connectivity index (χ4v) is 3.44. The Bertz CT molecular complexity index is 426. The number of carbonyl (C=O) groups excluding carboxylic acids is 1. The summed E-state index contributed by atoms with van der Waals surface area (Å²) in [5.41, 5.74) is 0.0260. The van der Waals surface area contributed by atoms with Crippen LogP contribution in [0.5, 0.6) is 0 Å². The summed E-state index contributed by atoms with van der Waals surface area (Å²) in [5.74, 6) is 0.405. The van der Waals surface area contributed by atoms with E-state index >= 15 is 0 Å². The third kappa shape index (κ3) is 6.81. The van der Waals surface area contributed by atoms with Crippen LogP contribution in [0, 0.1) is 5.92 Å². The fraction of sp³-hybridized carbons (Fsp3) is 0.929. The van der Waals surface area contributed by atoms with Crippen molar-refractivity contribution < 1.29 is 13.2 Å². The van der Waals surface area contributed by atoms with E-state index in [0.717, 1.165) is 12.8 Å². The van der Waals surface area contributed by atoms with Gasteiger partial charge in [-0.3, -0.25) is 4.79 Å². The summed E-state index contributed by atoms with van der Waals surface area (Å²) < 4.78 is 24.6. The maximum atomic E-state index is 11.9. The van der Waals surface area contributed by atoms with Gasteiger partial charge in [0.1, 0.15) is 5.78 Å². The molecule has 1 atom stereocenters. The Morgan fingerprint density at radius 1 is 1.35 bits per heavy atom. The molecule has 0 radical (unpaired) electrons. The maximum absolute atomic E-state index is 11.9. The number of sulfonamides is 1. The monoisotopic (exact) mass is 304 g/mol. The third-order valence-corrected chi connectivity index (χ3v) is 4.80. The van der Waals surface area contributed by atoms with Gasteiger partial charge < -0.3 is 5.32 Å². The lowest BCUT2D eigenvalue weighted by molar-refractivity contribution is -0.120. The van der Waals surface area contributed by atoms with E-state index in [1.165, 1.54) is 10.6 Å². The topological polar surface area (TPSA) is 66.5 Å². The molecule has 1 aliphatic rings. The Morgan fingerprint density at radius 2 is 2.00 bits per heavy atom. The van der Waals surface area contributed by atoms with Gasteiger partial charge in [-0.05, 0) is 39.5 Å². The first kappa shape index (κ1) is 17.6. The molecule has 1 unspecified atom stereocenters. The van der Waals surface area contributed by atoms with Crippen LogP contribution in [0.2, 0.25) is 0 Å². The van der Waals surface area contributed by atoms with E-state index in [1.807, 2.05) is 0 Å². The van der Waals surface area contributed by atoms with E-state index in [0.29, 0.717) is 32.5 Å². The molecule has 20 heavy (non-hydrogen) atoms. The SMILES string of the molecule is CC(C)(C)NCCC(=O)CC1CCCN(S(C)(=O)=O)C1. The number of rotatable bonds is 6. The molecular weight excluding hydrogens is 276 g/mol. The van der Waals surface area contributed by atoms with Gasteiger partial charge in [0.2, 0.25) is 10.0 Å². The molecule has 1 rings (SSSR count). The zero-order chi connectivity index (χ0) is 15.4. The van der Waals surface area contributed by atoms with E-state index in [-0.39, 0.29) is 17.2 Å². The Kier molecular flexibility index (Phi) is 6.16. The van der Waals surface area contributed by atoms with Gasteiger partial charge >= 0.3 is 0 Å². The van der Waals surface area contributed by atoms with Gasteiger partial charge in [0.25, 0.3) is 0 Å². The van der Waals surface area contributed by atoms with Crippen molar-refractivity contribution in [1.29, 1.82) is 0 Å². The summed E-state index contributed by atoms with van der Waals surface area (Å²) >= 11 is 0. The summed E-state index contributed by atoms with van der Waals surface area (Å²) in [7, 11) is -3.12. The zero-order valence-electron chi connectivity index (χ0n) is 13.1.